The lowest BCUT2D eigenvalue weighted by molar-refractivity contribution is -0.717. The van der Waals surface area contributed by atoms with Crippen molar-refractivity contribution in [3.05, 3.63) is 78.4 Å². The third kappa shape index (κ3) is 2.51. The maximum Gasteiger partial charge on any atom is 0.239 e. The van der Waals surface area contributed by atoms with Crippen molar-refractivity contribution >= 4 is 32.4 Å². The van der Waals surface area contributed by atoms with Gasteiger partial charge in [0.1, 0.15) is 11.3 Å². The largest absolute Gasteiger partial charge is 0.496 e. The Bertz CT molecular complexity index is 1370. The van der Waals surface area contributed by atoms with Gasteiger partial charge < -0.3 is 4.74 Å². The number of benzene rings is 4. The summed E-state index contributed by atoms with van der Waals surface area (Å²) in [7, 11) is 3.73. The fourth-order valence-electron chi connectivity index (χ4n) is 4.08. The van der Waals surface area contributed by atoms with Gasteiger partial charge in [-0.1, -0.05) is 53.2 Å². The smallest absolute Gasteiger partial charge is 0.239 e. The van der Waals surface area contributed by atoms with E-state index in [1.54, 1.807) is 7.11 Å². The van der Waals surface area contributed by atoms with E-state index in [0.717, 1.165) is 33.3 Å². The molecule has 0 spiro atoms. The molecule has 0 saturated carbocycles. The van der Waals surface area contributed by atoms with Crippen LogP contribution in [-0.4, -0.2) is 12.2 Å². The molecule has 1 aromatic heterocycles. The van der Waals surface area contributed by atoms with Crippen LogP contribution in [0.1, 0.15) is 5.56 Å². The Labute approximate surface area is 163 Å². The van der Waals surface area contributed by atoms with Crippen molar-refractivity contribution in [2.45, 2.75) is 6.92 Å². The zero-order valence-corrected chi connectivity index (χ0v) is 16.2. The van der Waals surface area contributed by atoms with Crippen molar-refractivity contribution in [2.75, 3.05) is 7.11 Å². The molecule has 0 radical (unpaired) electrons. The quantitative estimate of drug-likeness (QED) is 0.311. The molecule has 0 fully saturated rings. The molecular formula is C25H21N2O+. The molecule has 4 aromatic carbocycles. The van der Waals surface area contributed by atoms with E-state index in [1.807, 2.05) is 17.8 Å². The monoisotopic (exact) mass is 365 g/mol. The van der Waals surface area contributed by atoms with E-state index in [2.05, 4.69) is 73.7 Å². The Morgan fingerprint density at radius 2 is 1.46 bits per heavy atom. The number of methoxy groups -OCH3 is 1. The van der Waals surface area contributed by atoms with Crippen molar-refractivity contribution in [3.8, 4) is 17.0 Å². The van der Waals surface area contributed by atoms with Crippen LogP contribution in [0.3, 0.4) is 0 Å². The Kier molecular flexibility index (Phi) is 3.76. The van der Waals surface area contributed by atoms with Crippen molar-refractivity contribution in [1.82, 2.24) is 5.10 Å². The molecule has 136 valence electrons. The highest BCUT2D eigenvalue weighted by molar-refractivity contribution is 5.99. The standard InChI is InChI=1S/C25H21N2O/c1-16-20-10-6-7-11-21(20)25(28-3)15-22(16)24-14-19-12-17-8-4-5-9-18(17)13-23(19)26-27(24)2/h4-15H,1-3H3/q+1. The van der Waals surface area contributed by atoms with Crippen LogP contribution in [0.15, 0.2) is 72.8 Å². The summed E-state index contributed by atoms with van der Waals surface area (Å²) in [5.41, 5.74) is 4.44. The van der Waals surface area contributed by atoms with E-state index in [9.17, 15) is 0 Å². The van der Waals surface area contributed by atoms with Gasteiger partial charge >= 0.3 is 0 Å². The summed E-state index contributed by atoms with van der Waals surface area (Å²) in [6.45, 7) is 2.17. The lowest BCUT2D eigenvalue weighted by Crippen LogP contribution is -2.35. The number of nitrogens with zero attached hydrogens (tertiary/aromatic N) is 2. The molecule has 1 heterocycles. The van der Waals surface area contributed by atoms with E-state index < -0.39 is 0 Å². The molecule has 3 nitrogen and oxygen atoms in total. The lowest BCUT2D eigenvalue weighted by atomic mass is 9.96. The summed E-state index contributed by atoms with van der Waals surface area (Å²) in [5, 5.41) is 10.8. The fraction of sp³-hybridized carbons (Fsp3) is 0.120. The molecule has 0 N–H and O–H groups in total. The number of fused-ring (bicyclic) bond motifs is 3. The molecule has 0 aliphatic carbocycles. The van der Waals surface area contributed by atoms with Crippen LogP contribution in [0.5, 0.6) is 5.75 Å². The molecule has 5 rings (SSSR count). The molecule has 0 bridgehead atoms. The molecule has 0 aliphatic heterocycles. The predicted octanol–water partition coefficient (Wildman–Crippen LogP) is 5.35. The summed E-state index contributed by atoms with van der Waals surface area (Å²) in [6.07, 6.45) is 0. The van der Waals surface area contributed by atoms with Crippen molar-refractivity contribution < 1.29 is 9.42 Å². The van der Waals surface area contributed by atoms with E-state index in [0.29, 0.717) is 0 Å². The molecule has 0 amide bonds. The average molecular weight is 365 g/mol. The minimum atomic E-state index is 0.884. The molecule has 0 saturated heterocycles. The van der Waals surface area contributed by atoms with Crippen LogP contribution in [-0.2, 0) is 7.05 Å². The maximum absolute atomic E-state index is 5.70. The van der Waals surface area contributed by atoms with Gasteiger partial charge in [0.15, 0.2) is 7.05 Å². The summed E-state index contributed by atoms with van der Waals surface area (Å²) < 4.78 is 7.67. The number of hydrogen-bond acceptors (Lipinski definition) is 2. The number of aromatic nitrogens is 2. The summed E-state index contributed by atoms with van der Waals surface area (Å²) >= 11 is 0. The summed E-state index contributed by atoms with van der Waals surface area (Å²) in [4.78, 5) is 0. The highest BCUT2D eigenvalue weighted by atomic mass is 16.5. The molecule has 0 aliphatic rings. The second kappa shape index (κ2) is 6.31. The van der Waals surface area contributed by atoms with Gasteiger partial charge in [0.2, 0.25) is 5.69 Å². The van der Waals surface area contributed by atoms with Gasteiger partial charge in [0, 0.05) is 21.9 Å². The zero-order chi connectivity index (χ0) is 19.3. The minimum absolute atomic E-state index is 0.884. The zero-order valence-electron chi connectivity index (χ0n) is 16.2. The first-order valence-electron chi connectivity index (χ1n) is 9.42. The second-order valence-corrected chi connectivity index (χ2v) is 7.21. The van der Waals surface area contributed by atoms with E-state index >= 15 is 0 Å². The van der Waals surface area contributed by atoms with Crippen LogP contribution in [0, 0.1) is 6.92 Å². The van der Waals surface area contributed by atoms with Crippen LogP contribution in [0.4, 0.5) is 0 Å². The fourth-order valence-corrected chi connectivity index (χ4v) is 4.08. The Morgan fingerprint density at radius 3 is 2.21 bits per heavy atom. The van der Waals surface area contributed by atoms with E-state index in [4.69, 9.17) is 9.84 Å². The molecule has 28 heavy (non-hydrogen) atoms. The maximum atomic E-state index is 5.70. The van der Waals surface area contributed by atoms with Crippen molar-refractivity contribution in [1.29, 1.82) is 0 Å². The van der Waals surface area contributed by atoms with Crippen LogP contribution in [0.2, 0.25) is 0 Å². The number of hydrogen-bond donors (Lipinski definition) is 0. The molecular weight excluding hydrogens is 344 g/mol. The highest BCUT2D eigenvalue weighted by Gasteiger charge is 2.19. The third-order valence-corrected chi connectivity index (χ3v) is 5.57. The van der Waals surface area contributed by atoms with Crippen LogP contribution in [0.25, 0.3) is 43.7 Å². The van der Waals surface area contributed by atoms with Gasteiger partial charge in [-0.3, -0.25) is 0 Å². The average Bonchev–Trinajstić information content (AvgIpc) is 2.73. The Balaban J connectivity index is 1.82. The van der Waals surface area contributed by atoms with Crippen LogP contribution < -0.4 is 9.42 Å². The second-order valence-electron chi connectivity index (χ2n) is 7.21. The van der Waals surface area contributed by atoms with Gasteiger partial charge in [-0.05, 0) is 46.8 Å². The molecule has 5 aromatic rings. The van der Waals surface area contributed by atoms with Gasteiger partial charge in [0.05, 0.1) is 12.7 Å². The number of aryl methyl sites for hydroxylation is 2. The highest BCUT2D eigenvalue weighted by Crippen LogP contribution is 2.36. The van der Waals surface area contributed by atoms with E-state index in [1.165, 1.54) is 21.7 Å². The Hall–Kier alpha value is -3.46. The molecule has 3 heteroatoms. The third-order valence-electron chi connectivity index (χ3n) is 5.57. The number of rotatable bonds is 2. The summed E-state index contributed by atoms with van der Waals surface area (Å²) in [6, 6.07) is 25.5. The first-order valence-corrected chi connectivity index (χ1v) is 9.42. The first kappa shape index (κ1) is 16.7. The minimum Gasteiger partial charge on any atom is -0.496 e. The first-order chi connectivity index (χ1) is 13.7. The molecule has 0 atom stereocenters. The van der Waals surface area contributed by atoms with Crippen LogP contribution >= 0.6 is 0 Å². The van der Waals surface area contributed by atoms with E-state index in [-0.39, 0.29) is 0 Å². The van der Waals surface area contributed by atoms with Gasteiger partial charge in [-0.15, -0.1) is 0 Å². The molecule has 0 unspecified atom stereocenters. The van der Waals surface area contributed by atoms with Crippen molar-refractivity contribution in [2.24, 2.45) is 7.05 Å². The van der Waals surface area contributed by atoms with Gasteiger partial charge in [-0.2, -0.15) is 0 Å². The Morgan fingerprint density at radius 1 is 0.786 bits per heavy atom. The SMILES string of the molecule is COc1cc(-c2cc3cc4ccccc4cc3n[n+]2C)c(C)c2ccccc12. The van der Waals surface area contributed by atoms with Gasteiger partial charge in [-0.25, -0.2) is 0 Å². The topological polar surface area (TPSA) is 26.0 Å². The van der Waals surface area contributed by atoms with Crippen molar-refractivity contribution in [3.63, 3.8) is 0 Å². The normalized spacial score (nSPS) is 11.4. The summed E-state index contributed by atoms with van der Waals surface area (Å²) in [5.74, 6) is 0.884. The number of ether oxygens (including phenoxy) is 1. The lowest BCUT2D eigenvalue weighted by Gasteiger charge is -2.12. The van der Waals surface area contributed by atoms with Gasteiger partial charge in [0.25, 0.3) is 0 Å². The predicted molar refractivity (Wildman–Crippen MR) is 115 cm³/mol.